The summed E-state index contributed by atoms with van der Waals surface area (Å²) >= 11 is 0. The van der Waals surface area contributed by atoms with Gasteiger partial charge in [-0.2, -0.15) is 5.10 Å². The van der Waals surface area contributed by atoms with Gasteiger partial charge in [-0.3, -0.25) is 9.36 Å². The molecule has 0 saturated heterocycles. The number of carboxylic acid groups (broad SMARTS) is 1. The number of aromatic nitrogens is 3. The molecule has 2 heterocycles. The van der Waals surface area contributed by atoms with Gasteiger partial charge in [-0.1, -0.05) is 6.42 Å². The summed E-state index contributed by atoms with van der Waals surface area (Å²) < 4.78 is 2.80. The van der Waals surface area contributed by atoms with E-state index in [2.05, 4.69) is 5.10 Å². The van der Waals surface area contributed by atoms with Crippen molar-refractivity contribution in [1.29, 1.82) is 0 Å². The predicted octanol–water partition coefficient (Wildman–Crippen LogP) is -0.393. The van der Waals surface area contributed by atoms with Crippen LogP contribution >= 0.6 is 0 Å². The third-order valence-electron chi connectivity index (χ3n) is 3.08. The van der Waals surface area contributed by atoms with E-state index in [1.54, 1.807) is 4.57 Å². The fraction of sp³-hybridized carbons (Fsp3) is 0.727. The van der Waals surface area contributed by atoms with Crippen LogP contribution in [0.25, 0.3) is 0 Å². The van der Waals surface area contributed by atoms with Gasteiger partial charge in [0.25, 0.3) is 0 Å². The molecule has 0 aliphatic carbocycles. The number of nitrogens with zero attached hydrogens (tertiary/aromatic N) is 3. The monoisotopic (exact) mass is 255 g/mol. The number of fused-ring (bicyclic) bond motifs is 1. The van der Waals surface area contributed by atoms with Gasteiger partial charge in [0.2, 0.25) is 0 Å². The van der Waals surface area contributed by atoms with Crippen LogP contribution in [0.2, 0.25) is 0 Å². The molecular weight excluding hydrogens is 238 g/mol. The second kappa shape index (κ2) is 5.34. The summed E-state index contributed by atoms with van der Waals surface area (Å²) in [5, 5.41) is 22.3. The minimum Gasteiger partial charge on any atom is -0.481 e. The molecule has 0 aromatic carbocycles. The van der Waals surface area contributed by atoms with Gasteiger partial charge in [-0.05, 0) is 12.8 Å². The van der Waals surface area contributed by atoms with E-state index < -0.39 is 12.1 Å². The molecule has 7 nitrogen and oxygen atoms in total. The molecule has 1 aromatic rings. The number of carbonyl (C=O) groups is 1. The maximum Gasteiger partial charge on any atom is 0.346 e. The SMILES string of the molecule is O=C(O)CC(O)Cn1nc2n(c1=O)CCCCC2. The van der Waals surface area contributed by atoms with Gasteiger partial charge in [0.1, 0.15) is 5.82 Å². The lowest BCUT2D eigenvalue weighted by atomic mass is 10.2. The summed E-state index contributed by atoms with van der Waals surface area (Å²) in [4.78, 5) is 22.4. The smallest absolute Gasteiger partial charge is 0.346 e. The zero-order valence-corrected chi connectivity index (χ0v) is 10.1. The first-order valence-corrected chi connectivity index (χ1v) is 6.14. The Kier molecular flexibility index (Phi) is 3.81. The van der Waals surface area contributed by atoms with Crippen molar-refractivity contribution in [3.05, 3.63) is 16.3 Å². The normalized spacial score (nSPS) is 16.9. The first-order chi connectivity index (χ1) is 8.58. The maximum absolute atomic E-state index is 12.0. The molecule has 0 radical (unpaired) electrons. The molecule has 0 saturated carbocycles. The van der Waals surface area contributed by atoms with Crippen LogP contribution in [0.15, 0.2) is 4.79 Å². The third kappa shape index (κ3) is 2.79. The van der Waals surface area contributed by atoms with E-state index in [-0.39, 0.29) is 18.7 Å². The highest BCUT2D eigenvalue weighted by atomic mass is 16.4. The first-order valence-electron chi connectivity index (χ1n) is 6.14. The lowest BCUT2D eigenvalue weighted by Crippen LogP contribution is -2.30. The second-order valence-corrected chi connectivity index (χ2v) is 4.59. The van der Waals surface area contributed by atoms with Crippen molar-refractivity contribution < 1.29 is 15.0 Å². The highest BCUT2D eigenvalue weighted by Gasteiger charge is 2.18. The van der Waals surface area contributed by atoms with Crippen LogP contribution in [0, 0.1) is 0 Å². The number of carboxylic acids is 1. The highest BCUT2D eigenvalue weighted by molar-refractivity contribution is 5.67. The average molecular weight is 255 g/mol. The molecule has 1 aromatic heterocycles. The first kappa shape index (κ1) is 12.8. The minimum absolute atomic E-state index is 0.0644. The Hall–Kier alpha value is -1.63. The number of hydrogen-bond acceptors (Lipinski definition) is 4. The molecule has 0 fully saturated rings. The quantitative estimate of drug-likeness (QED) is 0.763. The molecule has 2 N–H and O–H groups in total. The van der Waals surface area contributed by atoms with Gasteiger partial charge in [0.15, 0.2) is 0 Å². The molecule has 1 unspecified atom stereocenters. The topological polar surface area (TPSA) is 97.3 Å². The van der Waals surface area contributed by atoms with Gasteiger partial charge in [-0.15, -0.1) is 0 Å². The van der Waals surface area contributed by atoms with Crippen molar-refractivity contribution in [1.82, 2.24) is 14.3 Å². The lowest BCUT2D eigenvalue weighted by molar-refractivity contribution is -0.139. The molecule has 18 heavy (non-hydrogen) atoms. The molecule has 0 bridgehead atoms. The molecule has 7 heteroatoms. The van der Waals surface area contributed by atoms with Crippen LogP contribution in [0.1, 0.15) is 31.5 Å². The number of aliphatic carboxylic acids is 1. The van der Waals surface area contributed by atoms with Crippen molar-refractivity contribution in [2.75, 3.05) is 0 Å². The largest absolute Gasteiger partial charge is 0.481 e. The summed E-state index contributed by atoms with van der Waals surface area (Å²) in [7, 11) is 0. The van der Waals surface area contributed by atoms with E-state index in [9.17, 15) is 14.7 Å². The van der Waals surface area contributed by atoms with Crippen molar-refractivity contribution in [3.8, 4) is 0 Å². The van der Waals surface area contributed by atoms with E-state index in [0.717, 1.165) is 31.5 Å². The van der Waals surface area contributed by atoms with Crippen LogP contribution in [-0.2, 0) is 24.3 Å². The minimum atomic E-state index is -1.09. The number of aliphatic hydroxyl groups is 1. The molecule has 2 rings (SSSR count). The fourth-order valence-corrected chi connectivity index (χ4v) is 2.21. The van der Waals surface area contributed by atoms with Gasteiger partial charge < -0.3 is 10.2 Å². The Balaban J connectivity index is 2.15. The van der Waals surface area contributed by atoms with E-state index >= 15 is 0 Å². The van der Waals surface area contributed by atoms with E-state index in [1.807, 2.05) is 0 Å². The zero-order valence-electron chi connectivity index (χ0n) is 10.1. The molecular formula is C11H17N3O4. The number of aryl methyl sites for hydroxylation is 1. The highest BCUT2D eigenvalue weighted by Crippen LogP contribution is 2.10. The number of rotatable bonds is 4. The van der Waals surface area contributed by atoms with Crippen LogP contribution in [0.5, 0.6) is 0 Å². The van der Waals surface area contributed by atoms with Crippen molar-refractivity contribution in [2.24, 2.45) is 0 Å². The Morgan fingerprint density at radius 3 is 2.89 bits per heavy atom. The van der Waals surface area contributed by atoms with Crippen molar-refractivity contribution >= 4 is 5.97 Å². The number of hydrogen-bond donors (Lipinski definition) is 2. The Morgan fingerprint density at radius 1 is 1.39 bits per heavy atom. The fourth-order valence-electron chi connectivity index (χ4n) is 2.21. The van der Waals surface area contributed by atoms with Crippen LogP contribution in [-0.4, -0.2) is 36.6 Å². The van der Waals surface area contributed by atoms with Gasteiger partial charge >= 0.3 is 11.7 Å². The van der Waals surface area contributed by atoms with E-state index in [1.165, 1.54) is 4.68 Å². The van der Waals surface area contributed by atoms with E-state index in [0.29, 0.717) is 6.54 Å². The maximum atomic E-state index is 12.0. The van der Waals surface area contributed by atoms with Gasteiger partial charge in [0.05, 0.1) is 19.1 Å². The van der Waals surface area contributed by atoms with Crippen LogP contribution in [0.4, 0.5) is 0 Å². The summed E-state index contributed by atoms with van der Waals surface area (Å²) in [5.41, 5.74) is -0.253. The summed E-state index contributed by atoms with van der Waals surface area (Å²) in [6.07, 6.45) is 2.35. The molecule has 1 aliphatic rings. The van der Waals surface area contributed by atoms with E-state index in [4.69, 9.17) is 5.11 Å². The lowest BCUT2D eigenvalue weighted by Gasteiger charge is -2.06. The van der Waals surface area contributed by atoms with Gasteiger partial charge in [-0.25, -0.2) is 9.48 Å². The zero-order chi connectivity index (χ0) is 13.1. The van der Waals surface area contributed by atoms with Gasteiger partial charge in [0, 0.05) is 13.0 Å². The molecule has 1 atom stereocenters. The Labute approximate surface area is 104 Å². The molecule has 0 amide bonds. The van der Waals surface area contributed by atoms with Crippen molar-refractivity contribution in [3.63, 3.8) is 0 Å². The number of aliphatic hydroxyl groups excluding tert-OH is 1. The molecule has 0 spiro atoms. The van der Waals surface area contributed by atoms with Crippen molar-refractivity contribution in [2.45, 2.75) is 51.3 Å². The summed E-state index contributed by atoms with van der Waals surface area (Å²) in [5.74, 6) is -0.351. The Bertz CT molecular complexity index is 491. The average Bonchev–Trinajstić information content (AvgIpc) is 2.50. The molecule has 100 valence electrons. The van der Waals surface area contributed by atoms with Crippen LogP contribution < -0.4 is 5.69 Å². The standard InChI is InChI=1S/C11H17N3O4/c15-8(6-10(16)17)7-14-11(18)13-5-3-1-2-4-9(13)12-14/h8,15H,1-7H2,(H,16,17). The second-order valence-electron chi connectivity index (χ2n) is 4.59. The summed E-state index contributed by atoms with van der Waals surface area (Å²) in [6, 6.07) is 0. The third-order valence-corrected chi connectivity index (χ3v) is 3.08. The Morgan fingerprint density at radius 2 is 2.17 bits per heavy atom. The molecule has 1 aliphatic heterocycles. The summed E-state index contributed by atoms with van der Waals surface area (Å²) in [6.45, 7) is 0.592. The van der Waals surface area contributed by atoms with Crippen LogP contribution in [0.3, 0.4) is 0 Å². The predicted molar refractivity (Wildman–Crippen MR) is 62.3 cm³/mol.